The minimum atomic E-state index is -0.667. The Morgan fingerprint density at radius 3 is 2.38 bits per heavy atom. The van der Waals surface area contributed by atoms with Gasteiger partial charge in [-0.05, 0) is 55.8 Å². The Labute approximate surface area is 185 Å². The maximum Gasteiger partial charge on any atom is 0.355 e. The molecule has 0 unspecified atom stereocenters. The maximum absolute atomic E-state index is 12.7. The fourth-order valence-corrected chi connectivity index (χ4v) is 3.51. The van der Waals surface area contributed by atoms with Crippen molar-refractivity contribution in [2.45, 2.75) is 13.8 Å². The fourth-order valence-electron chi connectivity index (χ4n) is 3.51. The van der Waals surface area contributed by atoms with E-state index in [0.717, 1.165) is 16.7 Å². The van der Waals surface area contributed by atoms with Crippen LogP contribution in [0.5, 0.6) is 0 Å². The number of ether oxygens (including phenoxy) is 2. The molecule has 2 aromatic carbocycles. The second-order valence-corrected chi connectivity index (χ2v) is 7.31. The van der Waals surface area contributed by atoms with Crippen LogP contribution in [0.1, 0.15) is 11.1 Å². The van der Waals surface area contributed by atoms with Crippen molar-refractivity contribution in [3.05, 3.63) is 83.2 Å². The third-order valence-corrected chi connectivity index (χ3v) is 5.13. The number of benzene rings is 2. The molecule has 1 aromatic heterocycles. The molecule has 0 bridgehead atoms. The first-order chi connectivity index (χ1) is 15.4. The van der Waals surface area contributed by atoms with Gasteiger partial charge in [0, 0.05) is 17.5 Å². The topological polar surface area (TPSA) is 81.9 Å². The van der Waals surface area contributed by atoms with Crippen LogP contribution < -0.4 is 4.90 Å². The zero-order chi connectivity index (χ0) is 22.8. The van der Waals surface area contributed by atoms with E-state index >= 15 is 0 Å². The summed E-state index contributed by atoms with van der Waals surface area (Å²) < 4.78 is 15.9. The number of aromatic nitrogens is 1. The molecular weight excluding hydrogens is 408 g/mol. The van der Waals surface area contributed by atoms with E-state index in [1.807, 2.05) is 44.2 Å². The van der Waals surface area contributed by atoms with Crippen molar-refractivity contribution < 1.29 is 23.5 Å². The average Bonchev–Trinajstić information content (AvgIpc) is 3.11. The number of allylic oxidation sites excluding steroid dienone is 2. The summed E-state index contributed by atoms with van der Waals surface area (Å²) in [7, 11) is 2.53. The normalized spacial score (nSPS) is 13.4. The smallest absolute Gasteiger partial charge is 0.355 e. The van der Waals surface area contributed by atoms with Crippen LogP contribution >= 0.6 is 0 Å². The predicted molar refractivity (Wildman–Crippen MR) is 121 cm³/mol. The maximum atomic E-state index is 12.7. The number of oxazole rings is 1. The van der Waals surface area contributed by atoms with Crippen LogP contribution in [0.3, 0.4) is 0 Å². The van der Waals surface area contributed by atoms with Crippen molar-refractivity contribution in [2.75, 3.05) is 19.1 Å². The number of methoxy groups -OCH3 is 2. The lowest BCUT2D eigenvalue weighted by molar-refractivity contribution is -0.139. The second kappa shape index (κ2) is 8.55. The highest BCUT2D eigenvalue weighted by molar-refractivity contribution is 6.05. The van der Waals surface area contributed by atoms with Gasteiger partial charge in [-0.15, -0.1) is 0 Å². The molecule has 2 heterocycles. The first-order valence-corrected chi connectivity index (χ1v) is 9.96. The third-order valence-electron chi connectivity index (χ3n) is 5.13. The molecule has 4 rings (SSSR count). The van der Waals surface area contributed by atoms with Gasteiger partial charge >= 0.3 is 11.9 Å². The fraction of sp³-hybridized carbons (Fsp3) is 0.160. The van der Waals surface area contributed by atoms with Crippen molar-refractivity contribution in [3.8, 4) is 11.5 Å². The predicted octanol–water partition coefficient (Wildman–Crippen LogP) is 4.60. The van der Waals surface area contributed by atoms with Crippen LogP contribution in [0, 0.1) is 13.8 Å². The average molecular weight is 430 g/mol. The Kier molecular flexibility index (Phi) is 5.64. The summed E-state index contributed by atoms with van der Waals surface area (Å²) in [6.07, 6.45) is 6.58. The highest BCUT2D eigenvalue weighted by Crippen LogP contribution is 2.33. The molecule has 32 heavy (non-hydrogen) atoms. The molecule has 1 aliphatic heterocycles. The Balaban J connectivity index is 1.86. The molecule has 0 aliphatic carbocycles. The van der Waals surface area contributed by atoms with E-state index in [9.17, 15) is 9.59 Å². The number of hydrogen-bond donors (Lipinski definition) is 0. The van der Waals surface area contributed by atoms with Crippen molar-refractivity contribution in [2.24, 2.45) is 0 Å². The lowest BCUT2D eigenvalue weighted by Crippen LogP contribution is -2.27. The van der Waals surface area contributed by atoms with Gasteiger partial charge in [0.2, 0.25) is 5.89 Å². The first kappa shape index (κ1) is 21.1. The van der Waals surface area contributed by atoms with Gasteiger partial charge in [0.1, 0.15) is 11.2 Å². The van der Waals surface area contributed by atoms with E-state index in [1.165, 1.54) is 20.3 Å². The van der Waals surface area contributed by atoms with E-state index < -0.39 is 11.9 Å². The zero-order valence-corrected chi connectivity index (χ0v) is 18.2. The minimum Gasteiger partial charge on any atom is -0.465 e. The van der Waals surface area contributed by atoms with Crippen LogP contribution in [-0.4, -0.2) is 31.1 Å². The quantitative estimate of drug-likeness (QED) is 0.560. The molecule has 0 amide bonds. The van der Waals surface area contributed by atoms with Crippen LogP contribution in [0.4, 0.5) is 5.69 Å². The number of hydrogen-bond acceptors (Lipinski definition) is 7. The third kappa shape index (κ3) is 3.80. The molecule has 7 nitrogen and oxygen atoms in total. The van der Waals surface area contributed by atoms with Gasteiger partial charge in [0.25, 0.3) is 0 Å². The molecule has 3 aromatic rings. The monoisotopic (exact) mass is 430 g/mol. The molecule has 0 atom stereocenters. The Morgan fingerprint density at radius 2 is 1.69 bits per heavy atom. The first-order valence-electron chi connectivity index (χ1n) is 9.96. The van der Waals surface area contributed by atoms with E-state index in [1.54, 1.807) is 29.3 Å². The van der Waals surface area contributed by atoms with Crippen LogP contribution in [0.25, 0.3) is 22.6 Å². The van der Waals surface area contributed by atoms with E-state index in [0.29, 0.717) is 22.7 Å². The molecule has 162 valence electrons. The minimum absolute atomic E-state index is 0.0466. The van der Waals surface area contributed by atoms with E-state index in [4.69, 9.17) is 13.9 Å². The summed E-state index contributed by atoms with van der Waals surface area (Å²) in [6.45, 7) is 3.92. The lowest BCUT2D eigenvalue weighted by atomic mass is 10.1. The van der Waals surface area contributed by atoms with Gasteiger partial charge in [0.15, 0.2) is 5.58 Å². The molecule has 0 radical (unpaired) electrons. The number of carbonyl (C=O) groups is 2. The van der Waals surface area contributed by atoms with Crippen molar-refractivity contribution in [1.29, 1.82) is 0 Å². The van der Waals surface area contributed by atoms with Crippen LogP contribution in [0.15, 0.2) is 76.5 Å². The van der Waals surface area contributed by atoms with Gasteiger partial charge in [-0.2, -0.15) is 0 Å². The summed E-state index contributed by atoms with van der Waals surface area (Å²) in [5.74, 6) is -0.802. The van der Waals surface area contributed by atoms with Crippen molar-refractivity contribution in [1.82, 2.24) is 4.98 Å². The summed E-state index contributed by atoms with van der Waals surface area (Å²) in [4.78, 5) is 31.3. The molecule has 0 N–H and O–H groups in total. The Hall–Kier alpha value is -4.13. The lowest BCUT2D eigenvalue weighted by Gasteiger charge is -2.23. The highest BCUT2D eigenvalue weighted by Gasteiger charge is 2.28. The summed E-state index contributed by atoms with van der Waals surface area (Å²) >= 11 is 0. The van der Waals surface area contributed by atoms with Crippen LogP contribution in [0.2, 0.25) is 0 Å². The van der Waals surface area contributed by atoms with Gasteiger partial charge in [-0.3, -0.25) is 0 Å². The summed E-state index contributed by atoms with van der Waals surface area (Å²) in [5, 5.41) is 0. The van der Waals surface area contributed by atoms with Gasteiger partial charge in [-0.1, -0.05) is 23.8 Å². The molecule has 1 aliphatic rings. The van der Waals surface area contributed by atoms with Crippen molar-refractivity contribution in [3.63, 3.8) is 0 Å². The summed E-state index contributed by atoms with van der Waals surface area (Å²) in [5.41, 5.74) is 4.89. The van der Waals surface area contributed by atoms with Gasteiger partial charge in [0.05, 0.1) is 19.8 Å². The molecule has 0 saturated carbocycles. The molecule has 0 spiro atoms. The summed E-state index contributed by atoms with van der Waals surface area (Å²) in [6, 6.07) is 11.6. The molecule has 7 heteroatoms. The van der Waals surface area contributed by atoms with Gasteiger partial charge < -0.3 is 18.8 Å². The number of esters is 2. The number of rotatable bonds is 4. The zero-order valence-electron chi connectivity index (χ0n) is 18.2. The number of aryl methyl sites for hydroxylation is 2. The number of anilines is 1. The number of fused-ring (bicyclic) bond motifs is 1. The molecule has 0 fully saturated rings. The SMILES string of the molecule is COC(=O)C1=C(C(=O)OC)N(c2cc(C)c3oc(-c4ccc(C)cc4)nc3c2)C=CC=C1. The van der Waals surface area contributed by atoms with E-state index in [2.05, 4.69) is 4.98 Å². The second-order valence-electron chi connectivity index (χ2n) is 7.31. The van der Waals surface area contributed by atoms with E-state index in [-0.39, 0.29) is 11.3 Å². The van der Waals surface area contributed by atoms with Crippen LogP contribution in [-0.2, 0) is 19.1 Å². The van der Waals surface area contributed by atoms with Crippen molar-refractivity contribution >= 4 is 28.7 Å². The Morgan fingerprint density at radius 1 is 0.969 bits per heavy atom. The largest absolute Gasteiger partial charge is 0.465 e. The standard InChI is InChI=1S/C25H22N2O5/c1-15-8-10-17(11-9-15)23-26-20-14-18(13-16(2)22(20)32-23)27-12-6-5-7-19(24(28)30-3)21(27)25(29)31-4/h5-14H,1-4H3. The highest BCUT2D eigenvalue weighted by atomic mass is 16.5. The van der Waals surface area contributed by atoms with Gasteiger partial charge in [-0.25, -0.2) is 14.6 Å². The Bertz CT molecular complexity index is 1300. The number of nitrogens with zero attached hydrogens (tertiary/aromatic N) is 2. The number of carbonyl (C=O) groups excluding carboxylic acids is 2. The molecule has 0 saturated heterocycles. The molecular formula is C25H22N2O5.